The van der Waals surface area contributed by atoms with Crippen molar-refractivity contribution < 1.29 is 9.15 Å². The number of furan rings is 1. The van der Waals surface area contributed by atoms with Crippen LogP contribution in [0.5, 0.6) is 11.5 Å². The predicted octanol–water partition coefficient (Wildman–Crippen LogP) is 16.9. The van der Waals surface area contributed by atoms with E-state index in [1.807, 2.05) is 23.5 Å². The zero-order chi connectivity index (χ0) is 39.1. The Hall–Kier alpha value is -7.66. The van der Waals surface area contributed by atoms with Crippen molar-refractivity contribution in [1.82, 2.24) is 0 Å². The summed E-state index contributed by atoms with van der Waals surface area (Å²) in [5, 5.41) is 14.7. The van der Waals surface area contributed by atoms with E-state index in [0.29, 0.717) is 0 Å². The van der Waals surface area contributed by atoms with E-state index in [1.54, 1.807) is 0 Å². The van der Waals surface area contributed by atoms with Gasteiger partial charge in [0.05, 0.1) is 11.1 Å². The van der Waals surface area contributed by atoms with Crippen LogP contribution in [0.15, 0.2) is 192 Å². The highest BCUT2D eigenvalue weighted by Gasteiger charge is 2.26. The molecular formula is C56H31NO2S. The topological polar surface area (TPSA) is 25.6 Å². The molecule has 3 nitrogen and oxygen atoms in total. The lowest BCUT2D eigenvalue weighted by molar-refractivity contribution is 0.487. The molecule has 60 heavy (non-hydrogen) atoms. The number of rotatable bonds is 4. The third-order valence-electron chi connectivity index (χ3n) is 12.8. The normalized spacial score (nSPS) is 12.5. The fourth-order valence-corrected chi connectivity index (χ4v) is 11.3. The van der Waals surface area contributed by atoms with E-state index in [2.05, 4.69) is 181 Å². The van der Waals surface area contributed by atoms with Crippen molar-refractivity contribution in [1.29, 1.82) is 0 Å². The molecule has 11 aromatic carbocycles. The van der Waals surface area contributed by atoms with Crippen molar-refractivity contribution in [3.8, 4) is 33.8 Å². The minimum atomic E-state index is 0.832. The molecule has 0 N–H and O–H groups in total. The first-order valence-corrected chi connectivity index (χ1v) is 21.2. The summed E-state index contributed by atoms with van der Waals surface area (Å²) >= 11 is 1.84. The summed E-state index contributed by atoms with van der Waals surface area (Å²) in [5.74, 6) is 1.70. The molecule has 0 saturated heterocycles. The van der Waals surface area contributed by atoms with E-state index in [0.717, 1.165) is 61.4 Å². The van der Waals surface area contributed by atoms with Gasteiger partial charge in [0.1, 0.15) is 22.7 Å². The number of fused-ring (bicyclic) bond motifs is 8. The molecular weight excluding hydrogens is 751 g/mol. The molecule has 13 aromatic rings. The Balaban J connectivity index is 0.971. The zero-order valence-corrected chi connectivity index (χ0v) is 32.9. The van der Waals surface area contributed by atoms with Gasteiger partial charge in [-0.3, -0.25) is 0 Å². The molecule has 0 aliphatic carbocycles. The molecule has 0 bridgehead atoms. The number of hydrogen-bond donors (Lipinski definition) is 0. The lowest BCUT2D eigenvalue weighted by atomic mass is 9.86. The summed E-state index contributed by atoms with van der Waals surface area (Å²) in [6.07, 6.45) is 0. The number of para-hydroxylation sites is 1. The van der Waals surface area contributed by atoms with Gasteiger partial charge in [0, 0.05) is 53.9 Å². The molecule has 4 heteroatoms. The molecule has 1 aliphatic heterocycles. The maximum atomic E-state index is 7.01. The molecule has 2 aromatic heterocycles. The minimum absolute atomic E-state index is 0.832. The molecule has 3 heterocycles. The molecule has 0 spiro atoms. The molecule has 0 saturated carbocycles. The Morgan fingerprint density at radius 1 is 0.350 bits per heavy atom. The fourth-order valence-electron chi connectivity index (χ4n) is 10.2. The highest BCUT2D eigenvalue weighted by atomic mass is 32.1. The lowest BCUT2D eigenvalue weighted by Crippen LogP contribution is -2.11. The van der Waals surface area contributed by atoms with Gasteiger partial charge in [0.2, 0.25) is 0 Å². The van der Waals surface area contributed by atoms with Gasteiger partial charge in [0.25, 0.3) is 0 Å². The van der Waals surface area contributed by atoms with Gasteiger partial charge < -0.3 is 14.1 Å². The van der Waals surface area contributed by atoms with Gasteiger partial charge in [-0.1, -0.05) is 115 Å². The summed E-state index contributed by atoms with van der Waals surface area (Å²) in [4.78, 5) is 2.37. The van der Waals surface area contributed by atoms with Crippen molar-refractivity contribution in [3.05, 3.63) is 188 Å². The van der Waals surface area contributed by atoms with E-state index in [4.69, 9.17) is 9.15 Å². The zero-order valence-electron chi connectivity index (χ0n) is 32.1. The second kappa shape index (κ2) is 12.0. The molecule has 0 fully saturated rings. The third kappa shape index (κ3) is 4.43. The first-order valence-electron chi connectivity index (χ1n) is 20.4. The average molecular weight is 782 g/mol. The summed E-state index contributed by atoms with van der Waals surface area (Å²) < 4.78 is 16.0. The smallest absolute Gasteiger partial charge is 0.137 e. The monoisotopic (exact) mass is 781 g/mol. The minimum Gasteiger partial charge on any atom is -0.456 e. The second-order valence-corrected chi connectivity index (χ2v) is 17.0. The summed E-state index contributed by atoms with van der Waals surface area (Å²) in [6.45, 7) is 0. The van der Waals surface area contributed by atoms with Gasteiger partial charge in [0.15, 0.2) is 0 Å². The van der Waals surface area contributed by atoms with E-state index in [1.165, 1.54) is 74.6 Å². The SMILES string of the molecule is c1cc2ccc3cccc4c(-c5ccc6c7c(cccc57)-c5ccc(N(c7ccc8sc9ccccc9c8c7)c7cccc8oc9ccccc9c78)cc5O6)cc(c1)c2c34. The number of nitrogens with zero attached hydrogens (tertiary/aromatic N) is 1. The van der Waals surface area contributed by atoms with E-state index in [-0.39, 0.29) is 0 Å². The summed E-state index contributed by atoms with van der Waals surface area (Å²) in [6, 6.07) is 68.3. The van der Waals surface area contributed by atoms with E-state index >= 15 is 0 Å². The van der Waals surface area contributed by atoms with E-state index < -0.39 is 0 Å². The molecule has 0 unspecified atom stereocenters. The Kier molecular flexibility index (Phi) is 6.44. The van der Waals surface area contributed by atoms with Crippen LogP contribution < -0.4 is 9.64 Å². The van der Waals surface area contributed by atoms with Crippen LogP contribution in [0.4, 0.5) is 17.1 Å². The predicted molar refractivity (Wildman–Crippen MR) is 253 cm³/mol. The lowest BCUT2D eigenvalue weighted by Gasteiger charge is -2.29. The number of benzene rings is 11. The first-order chi connectivity index (χ1) is 29.7. The first kappa shape index (κ1) is 32.3. The Labute approximate surface area is 347 Å². The van der Waals surface area contributed by atoms with Crippen LogP contribution in [0.2, 0.25) is 0 Å². The summed E-state index contributed by atoms with van der Waals surface area (Å²) in [7, 11) is 0. The molecule has 1 aliphatic rings. The van der Waals surface area contributed by atoms with Gasteiger partial charge in [-0.15, -0.1) is 11.3 Å². The van der Waals surface area contributed by atoms with E-state index in [9.17, 15) is 0 Å². The number of anilines is 3. The summed E-state index contributed by atoms with van der Waals surface area (Å²) in [5.41, 5.74) is 9.56. The second-order valence-electron chi connectivity index (χ2n) is 16.0. The number of ether oxygens (including phenoxy) is 1. The van der Waals surface area contributed by atoms with Gasteiger partial charge in [-0.2, -0.15) is 0 Å². The van der Waals surface area contributed by atoms with Gasteiger partial charge >= 0.3 is 0 Å². The Morgan fingerprint density at radius 3 is 1.97 bits per heavy atom. The van der Waals surface area contributed by atoms with Crippen LogP contribution in [0.3, 0.4) is 0 Å². The van der Waals surface area contributed by atoms with Crippen molar-refractivity contribution in [2.75, 3.05) is 4.90 Å². The maximum absolute atomic E-state index is 7.01. The largest absolute Gasteiger partial charge is 0.456 e. The molecule has 0 radical (unpaired) electrons. The van der Waals surface area contributed by atoms with Crippen LogP contribution in [0.1, 0.15) is 0 Å². The van der Waals surface area contributed by atoms with Gasteiger partial charge in [-0.05, 0) is 121 Å². The fraction of sp³-hybridized carbons (Fsp3) is 0. The number of hydrogen-bond acceptors (Lipinski definition) is 4. The van der Waals surface area contributed by atoms with Crippen molar-refractivity contribution in [3.63, 3.8) is 0 Å². The van der Waals surface area contributed by atoms with Crippen LogP contribution in [0, 0.1) is 0 Å². The van der Waals surface area contributed by atoms with Gasteiger partial charge in [-0.25, -0.2) is 0 Å². The highest BCUT2D eigenvalue weighted by Crippen LogP contribution is 2.53. The standard InChI is InChI=1S/C56H31NO2S/c1-3-18-47-43(13-1)56-46(17-8-19-48(56)58-47)57(35-24-28-52-45(30-35)39-12-2-4-20-51(39)60-52)36-23-25-38-41-16-7-15-40-37(26-27-49(55(40)41)59-50(38)31-36)44-29-34-11-5-9-32-21-22-33-10-6-14-42(44)54(33)53(32)34/h1-31H. The molecule has 278 valence electrons. The average Bonchev–Trinajstić information content (AvgIpc) is 3.87. The molecule has 0 amide bonds. The Morgan fingerprint density at radius 2 is 1.03 bits per heavy atom. The molecule has 14 rings (SSSR count). The van der Waals surface area contributed by atoms with Crippen molar-refractivity contribution in [2.45, 2.75) is 0 Å². The maximum Gasteiger partial charge on any atom is 0.137 e. The third-order valence-corrected chi connectivity index (χ3v) is 13.9. The number of thiophene rings is 1. The van der Waals surface area contributed by atoms with Crippen molar-refractivity contribution in [2.24, 2.45) is 0 Å². The van der Waals surface area contributed by atoms with Crippen molar-refractivity contribution >= 4 is 114 Å². The Bertz CT molecular complexity index is 3950. The highest BCUT2D eigenvalue weighted by molar-refractivity contribution is 7.25. The van der Waals surface area contributed by atoms with Crippen LogP contribution in [-0.4, -0.2) is 0 Å². The van der Waals surface area contributed by atoms with Crippen LogP contribution >= 0.6 is 11.3 Å². The van der Waals surface area contributed by atoms with Crippen LogP contribution in [-0.2, 0) is 0 Å². The molecule has 0 atom stereocenters. The quantitative estimate of drug-likeness (QED) is 0.166. The van der Waals surface area contributed by atoms with Crippen LogP contribution in [0.25, 0.3) is 107 Å².